The fraction of sp³-hybridized carbons (Fsp3) is 0.500. The van der Waals surface area contributed by atoms with Crippen molar-refractivity contribution in [3.8, 4) is 0 Å². The number of cyclic esters (lactones) is 1. The van der Waals surface area contributed by atoms with Gasteiger partial charge in [0.25, 0.3) is 5.91 Å². The van der Waals surface area contributed by atoms with Crippen LogP contribution in [0.5, 0.6) is 0 Å². The van der Waals surface area contributed by atoms with Crippen molar-refractivity contribution >= 4 is 50.7 Å². The van der Waals surface area contributed by atoms with E-state index in [1.165, 1.54) is 9.80 Å². The lowest BCUT2D eigenvalue weighted by molar-refractivity contribution is -0.158. The lowest BCUT2D eigenvalue weighted by atomic mass is 9.74. The van der Waals surface area contributed by atoms with E-state index in [0.29, 0.717) is 16.4 Å². The largest absolute Gasteiger partial charge is 0.460 e. The van der Waals surface area contributed by atoms with Crippen LogP contribution in [0.2, 0.25) is 0 Å². The molecule has 42 heavy (non-hydrogen) atoms. The summed E-state index contributed by atoms with van der Waals surface area (Å²) < 4.78 is 14.2. The monoisotopic (exact) mass is 642 g/mol. The number of hydrogen-bond acceptors (Lipinski definition) is 9. The third kappa shape index (κ3) is 4.71. The van der Waals surface area contributed by atoms with E-state index in [-0.39, 0.29) is 45.2 Å². The average Bonchev–Trinajstić information content (AvgIpc) is 3.68. The number of likely N-dealkylation sites (tertiary alicyclic amines) is 1. The van der Waals surface area contributed by atoms with Gasteiger partial charge in [0.15, 0.2) is 0 Å². The molecule has 3 amide bonds. The fourth-order valence-corrected chi connectivity index (χ4v) is 7.12. The van der Waals surface area contributed by atoms with Gasteiger partial charge in [-0.25, -0.2) is 4.68 Å². The quantitative estimate of drug-likeness (QED) is 0.358. The number of ether oxygens (including phenoxy) is 2. The molecule has 13 nitrogen and oxygen atoms in total. The molecule has 2 fully saturated rings. The number of fused-ring (bicyclic) bond motifs is 3. The number of halogens is 1. The summed E-state index contributed by atoms with van der Waals surface area (Å²) in [6.45, 7) is 1.43. The third-order valence-electron chi connectivity index (χ3n) is 8.24. The van der Waals surface area contributed by atoms with Crippen molar-refractivity contribution in [2.75, 3.05) is 26.2 Å². The smallest absolute Gasteiger partial charge is 0.313 e. The SMILES string of the molecule is C[C@@H]1CNC(=O)CC/C=C\CN(Cn2nnc3ccccc32)C(=O)[C@@H]2N(CCO)C(=O)[C@H]3[C@H](C(=O)O1)[C@H]1O[C@@]23C=C1Br. The van der Waals surface area contributed by atoms with Crippen LogP contribution < -0.4 is 5.32 Å². The Morgan fingerprint density at radius 2 is 1.98 bits per heavy atom. The number of hydrogen-bond donors (Lipinski definition) is 2. The van der Waals surface area contributed by atoms with Gasteiger partial charge in [-0.3, -0.25) is 19.2 Å². The molecule has 6 atom stereocenters. The summed E-state index contributed by atoms with van der Waals surface area (Å²) in [5.74, 6) is -3.80. The number of benzene rings is 1. The number of carbonyl (C=O) groups is 4. The van der Waals surface area contributed by atoms with Gasteiger partial charge in [-0.15, -0.1) is 5.10 Å². The zero-order chi connectivity index (χ0) is 29.6. The maximum atomic E-state index is 14.6. The molecule has 5 heterocycles. The van der Waals surface area contributed by atoms with Gasteiger partial charge >= 0.3 is 5.97 Å². The van der Waals surface area contributed by atoms with Crippen LogP contribution in [0.25, 0.3) is 11.0 Å². The number of aliphatic hydroxyl groups is 1. The molecule has 14 heteroatoms. The van der Waals surface area contributed by atoms with E-state index in [0.717, 1.165) is 5.52 Å². The molecule has 4 aliphatic rings. The molecule has 0 radical (unpaired) electrons. The highest BCUT2D eigenvalue weighted by Gasteiger charge is 2.74. The van der Waals surface area contributed by atoms with Crippen LogP contribution in [0, 0.1) is 11.8 Å². The highest BCUT2D eigenvalue weighted by atomic mass is 79.9. The molecule has 222 valence electrons. The van der Waals surface area contributed by atoms with E-state index in [1.807, 2.05) is 30.3 Å². The molecule has 1 spiro atoms. The number of para-hydroxylation sites is 1. The first-order chi connectivity index (χ1) is 20.2. The van der Waals surface area contributed by atoms with Gasteiger partial charge < -0.3 is 29.7 Å². The van der Waals surface area contributed by atoms with Gasteiger partial charge in [-0.1, -0.05) is 45.4 Å². The first-order valence-corrected chi connectivity index (χ1v) is 14.7. The number of carbonyl (C=O) groups excluding carboxylic acids is 4. The Morgan fingerprint density at radius 3 is 2.79 bits per heavy atom. The molecule has 4 aliphatic heterocycles. The summed E-state index contributed by atoms with van der Waals surface area (Å²) >= 11 is 3.50. The van der Waals surface area contributed by atoms with Gasteiger partial charge in [0.1, 0.15) is 42.0 Å². The third-order valence-corrected chi connectivity index (χ3v) is 8.92. The first kappa shape index (κ1) is 28.5. The van der Waals surface area contributed by atoms with Gasteiger partial charge in [-0.2, -0.15) is 0 Å². The number of aromatic nitrogens is 3. The number of nitrogens with one attached hydrogen (secondary N) is 1. The summed E-state index contributed by atoms with van der Waals surface area (Å²) in [4.78, 5) is 57.2. The van der Waals surface area contributed by atoms with Crippen LogP contribution >= 0.6 is 15.9 Å². The highest BCUT2D eigenvalue weighted by Crippen LogP contribution is 2.58. The van der Waals surface area contributed by atoms with Crippen molar-refractivity contribution in [3.63, 3.8) is 0 Å². The minimum Gasteiger partial charge on any atom is -0.460 e. The Bertz CT molecular complexity index is 1490. The van der Waals surface area contributed by atoms with Crippen molar-refractivity contribution in [2.24, 2.45) is 11.8 Å². The molecule has 0 aliphatic carbocycles. The fourth-order valence-electron chi connectivity index (χ4n) is 6.39. The maximum Gasteiger partial charge on any atom is 0.313 e. The Labute approximate surface area is 249 Å². The number of β-amino-alcohol motifs (C(OH)–C–C–N with tert-alkyl or cyclic N) is 1. The predicted molar refractivity (Wildman–Crippen MR) is 150 cm³/mol. The molecular formula is C28H31BrN6O7. The van der Waals surface area contributed by atoms with Crippen molar-refractivity contribution in [1.82, 2.24) is 30.1 Å². The van der Waals surface area contributed by atoms with Gasteiger partial charge in [0.2, 0.25) is 11.8 Å². The van der Waals surface area contributed by atoms with Gasteiger partial charge in [0.05, 0.1) is 24.6 Å². The summed E-state index contributed by atoms with van der Waals surface area (Å²) in [6.07, 6.45) is 4.51. The molecule has 2 N–H and O–H groups in total. The van der Waals surface area contributed by atoms with E-state index in [2.05, 4.69) is 31.6 Å². The van der Waals surface area contributed by atoms with Crippen molar-refractivity contribution in [3.05, 3.63) is 47.0 Å². The molecule has 6 rings (SSSR count). The Balaban J connectivity index is 1.42. The van der Waals surface area contributed by atoms with Crippen LogP contribution in [0.4, 0.5) is 0 Å². The first-order valence-electron chi connectivity index (χ1n) is 13.9. The summed E-state index contributed by atoms with van der Waals surface area (Å²) in [5, 5.41) is 21.1. The van der Waals surface area contributed by atoms with E-state index in [4.69, 9.17) is 9.47 Å². The lowest BCUT2D eigenvalue weighted by Crippen LogP contribution is -2.56. The molecule has 1 aromatic carbocycles. The molecule has 2 saturated heterocycles. The van der Waals surface area contributed by atoms with Crippen molar-refractivity contribution in [1.29, 1.82) is 0 Å². The molecule has 5 bridgehead atoms. The van der Waals surface area contributed by atoms with Crippen molar-refractivity contribution < 1.29 is 33.8 Å². The minimum absolute atomic E-state index is 0.0138. The number of nitrogens with zero attached hydrogens (tertiary/aromatic N) is 5. The zero-order valence-electron chi connectivity index (χ0n) is 22.9. The second kappa shape index (κ2) is 11.2. The molecule has 0 unspecified atom stereocenters. The normalized spacial score (nSPS) is 32.6. The predicted octanol–water partition coefficient (Wildman–Crippen LogP) is 0.481. The number of esters is 1. The Hall–Kier alpha value is -3.62. The Morgan fingerprint density at radius 1 is 1.17 bits per heavy atom. The number of amides is 3. The van der Waals surface area contributed by atoms with E-state index < -0.39 is 53.5 Å². The summed E-state index contributed by atoms with van der Waals surface area (Å²) in [7, 11) is 0. The highest BCUT2D eigenvalue weighted by molar-refractivity contribution is 9.11. The molecular weight excluding hydrogens is 612 g/mol. The van der Waals surface area contributed by atoms with Crippen LogP contribution in [0.1, 0.15) is 19.8 Å². The van der Waals surface area contributed by atoms with Crippen LogP contribution in [0.3, 0.4) is 0 Å². The zero-order valence-corrected chi connectivity index (χ0v) is 24.5. The standard InChI is InChI=1S/C28H31BrN6O7/c1-16-14-30-20(37)9-3-2-6-10-33(15-35-19-8-5-4-7-18(19)31-32-35)26(39)24-28-13-17(29)23(42-28)21(27(40)41-16)22(28)25(38)34(24)11-12-36/h2,4-8,13,16,21-24,36H,3,9-12,14-15H2,1H3,(H,30,37)/b6-2-/t16-,21+,22-,23+,24+,28-/m1/s1. The maximum absolute atomic E-state index is 14.6. The average molecular weight is 643 g/mol. The molecule has 2 aromatic rings. The van der Waals surface area contributed by atoms with E-state index >= 15 is 0 Å². The summed E-state index contributed by atoms with van der Waals surface area (Å²) in [5.41, 5.74) is -0.0690. The second-order valence-electron chi connectivity index (χ2n) is 10.9. The number of aliphatic hydroxyl groups excluding tert-OH is 1. The number of allylic oxidation sites excluding steroid dienone is 1. The Kier molecular flexibility index (Phi) is 7.62. The number of rotatable bonds is 4. The lowest BCUT2D eigenvalue weighted by Gasteiger charge is -2.35. The van der Waals surface area contributed by atoms with Crippen LogP contribution in [-0.2, 0) is 35.3 Å². The topological polar surface area (TPSA) is 156 Å². The van der Waals surface area contributed by atoms with Crippen LogP contribution in [0.15, 0.2) is 47.0 Å². The second-order valence-corrected chi connectivity index (χ2v) is 11.8. The van der Waals surface area contributed by atoms with E-state index in [1.54, 1.807) is 23.8 Å². The van der Waals surface area contributed by atoms with Crippen LogP contribution in [-0.4, -0.2) is 104 Å². The summed E-state index contributed by atoms with van der Waals surface area (Å²) in [6, 6.07) is 6.20. The minimum atomic E-state index is -1.45. The molecule has 1 aromatic heterocycles. The van der Waals surface area contributed by atoms with Gasteiger partial charge in [0, 0.05) is 24.0 Å². The molecule has 0 saturated carbocycles. The van der Waals surface area contributed by atoms with E-state index in [9.17, 15) is 24.3 Å². The van der Waals surface area contributed by atoms with Crippen molar-refractivity contribution in [2.45, 2.75) is 50.3 Å². The van der Waals surface area contributed by atoms with Gasteiger partial charge in [-0.05, 0) is 31.6 Å².